The molecule has 4 aromatic rings. The van der Waals surface area contributed by atoms with E-state index in [0.717, 1.165) is 24.1 Å². The summed E-state index contributed by atoms with van der Waals surface area (Å²) in [5.74, 6) is 0.237. The van der Waals surface area contributed by atoms with E-state index in [1.165, 1.54) is 18.4 Å². The maximum Gasteiger partial charge on any atom is 0.318 e. The van der Waals surface area contributed by atoms with Crippen LogP contribution in [0.25, 0.3) is 32.2 Å². The van der Waals surface area contributed by atoms with Crippen molar-refractivity contribution in [2.75, 3.05) is 30.9 Å². The molecule has 0 amide bonds. The molecule has 0 radical (unpaired) electrons. The fraction of sp³-hybridized carbons (Fsp3) is 0.333. The summed E-state index contributed by atoms with van der Waals surface area (Å²) in [5.41, 5.74) is 7.00. The van der Waals surface area contributed by atoms with Crippen LogP contribution >= 0.6 is 11.3 Å². The van der Waals surface area contributed by atoms with Gasteiger partial charge in [-0.1, -0.05) is 12.1 Å². The molecule has 3 aliphatic rings. The number of methoxy groups -OCH3 is 1. The minimum atomic E-state index is -0.619. The average molecular weight is 490 g/mol. The van der Waals surface area contributed by atoms with Crippen LogP contribution < -0.4 is 25.4 Å². The third-order valence-electron chi connectivity index (χ3n) is 7.23. The molecular weight excluding hydrogens is 469 g/mol. The number of benzene rings is 1. The van der Waals surface area contributed by atoms with Crippen molar-refractivity contribution in [2.24, 2.45) is 0 Å². The second-order valence-corrected chi connectivity index (χ2v) is 10.1. The summed E-state index contributed by atoms with van der Waals surface area (Å²) in [6.07, 6.45) is 2.12. The first-order chi connectivity index (χ1) is 17.1. The Kier molecular flexibility index (Phi) is 4.34. The molecule has 1 aromatic carbocycles. The van der Waals surface area contributed by atoms with E-state index < -0.39 is 5.82 Å². The van der Waals surface area contributed by atoms with Gasteiger partial charge in [0.2, 0.25) is 5.88 Å². The van der Waals surface area contributed by atoms with Crippen LogP contribution in [-0.2, 0) is 0 Å². The number of thiophene rings is 1. The first-order valence-electron chi connectivity index (χ1n) is 11.4. The van der Waals surface area contributed by atoms with Gasteiger partial charge >= 0.3 is 6.01 Å². The zero-order valence-electron chi connectivity index (χ0n) is 18.7. The van der Waals surface area contributed by atoms with Gasteiger partial charge in [0, 0.05) is 34.3 Å². The number of hydrogen-bond acceptors (Lipinski definition) is 10. The zero-order valence-corrected chi connectivity index (χ0v) is 19.5. The SMILES string of the molecule is COc1nc2c3c(nc(-c4cccc5sc(N)c(C#N)c45)c(F)c3n1)OCC1C3CCC(CN21)N3. The molecule has 35 heavy (non-hydrogen) atoms. The van der Waals surface area contributed by atoms with Crippen LogP contribution in [0, 0.1) is 17.1 Å². The van der Waals surface area contributed by atoms with Gasteiger partial charge < -0.3 is 25.4 Å². The van der Waals surface area contributed by atoms with Crippen molar-refractivity contribution in [3.8, 4) is 29.2 Å². The molecule has 3 aliphatic heterocycles. The highest BCUT2D eigenvalue weighted by molar-refractivity contribution is 7.23. The molecule has 0 aliphatic carbocycles. The maximum absolute atomic E-state index is 16.3. The van der Waals surface area contributed by atoms with Crippen molar-refractivity contribution >= 4 is 43.1 Å². The summed E-state index contributed by atoms with van der Waals surface area (Å²) in [4.78, 5) is 15.9. The Morgan fingerprint density at radius 2 is 2.17 bits per heavy atom. The third kappa shape index (κ3) is 2.84. The van der Waals surface area contributed by atoms with Crippen LogP contribution in [0.4, 0.5) is 15.2 Å². The maximum atomic E-state index is 16.3. The minimum absolute atomic E-state index is 0.0302. The van der Waals surface area contributed by atoms with Crippen LogP contribution in [-0.4, -0.2) is 53.3 Å². The summed E-state index contributed by atoms with van der Waals surface area (Å²) in [5, 5.41) is 14.8. The number of ether oxygens (including phenoxy) is 2. The van der Waals surface area contributed by atoms with E-state index in [-0.39, 0.29) is 35.2 Å². The van der Waals surface area contributed by atoms with Crippen molar-refractivity contribution < 1.29 is 13.9 Å². The molecule has 3 atom stereocenters. The molecule has 7 rings (SSSR count). The molecule has 3 N–H and O–H groups in total. The Balaban J connectivity index is 1.52. The second-order valence-electron chi connectivity index (χ2n) is 9.05. The number of hydrogen-bond donors (Lipinski definition) is 2. The number of anilines is 2. The van der Waals surface area contributed by atoms with Crippen molar-refractivity contribution in [3.63, 3.8) is 0 Å². The van der Waals surface area contributed by atoms with E-state index in [2.05, 4.69) is 31.2 Å². The molecule has 2 fully saturated rings. The fourth-order valence-electron chi connectivity index (χ4n) is 5.66. The number of fused-ring (bicyclic) bond motifs is 6. The number of nitrogens with two attached hydrogens (primary N) is 1. The number of nitrogens with one attached hydrogen (secondary N) is 1. The largest absolute Gasteiger partial charge is 0.475 e. The molecule has 2 bridgehead atoms. The molecule has 0 saturated carbocycles. The molecule has 3 aromatic heterocycles. The zero-order chi connectivity index (χ0) is 23.8. The number of piperazine rings is 1. The molecule has 9 nitrogen and oxygen atoms in total. The smallest absolute Gasteiger partial charge is 0.318 e. The highest BCUT2D eigenvalue weighted by Gasteiger charge is 2.44. The molecule has 6 heterocycles. The predicted molar refractivity (Wildman–Crippen MR) is 130 cm³/mol. The van der Waals surface area contributed by atoms with Crippen LogP contribution in [0.3, 0.4) is 0 Å². The second kappa shape index (κ2) is 7.37. The van der Waals surface area contributed by atoms with Gasteiger partial charge in [-0.05, 0) is 18.9 Å². The first kappa shape index (κ1) is 20.6. The molecule has 11 heteroatoms. The lowest BCUT2D eigenvalue weighted by Crippen LogP contribution is -2.60. The molecule has 0 spiro atoms. The number of rotatable bonds is 2. The van der Waals surface area contributed by atoms with Crippen LogP contribution in [0.2, 0.25) is 0 Å². The molecular formula is C24H20FN7O2S. The highest BCUT2D eigenvalue weighted by Crippen LogP contribution is 2.45. The summed E-state index contributed by atoms with van der Waals surface area (Å²) < 4.78 is 28.7. The number of nitrogens with zero attached hydrogens (tertiary/aromatic N) is 5. The van der Waals surface area contributed by atoms with E-state index in [4.69, 9.17) is 15.2 Å². The predicted octanol–water partition coefficient (Wildman–Crippen LogP) is 3.21. The lowest BCUT2D eigenvalue weighted by molar-refractivity contribution is 0.238. The van der Waals surface area contributed by atoms with Gasteiger partial charge in [-0.25, -0.2) is 9.37 Å². The lowest BCUT2D eigenvalue weighted by atomic mass is 10.0. The topological polar surface area (TPSA) is 122 Å². The van der Waals surface area contributed by atoms with Crippen molar-refractivity contribution in [1.82, 2.24) is 20.3 Å². The summed E-state index contributed by atoms with van der Waals surface area (Å²) >= 11 is 1.29. The first-order valence-corrected chi connectivity index (χ1v) is 12.2. The number of aromatic nitrogens is 3. The quantitative estimate of drug-likeness (QED) is 0.437. The number of pyridine rings is 1. The molecule has 176 valence electrons. The van der Waals surface area contributed by atoms with Crippen molar-refractivity contribution in [1.29, 1.82) is 5.26 Å². The van der Waals surface area contributed by atoms with Crippen LogP contribution in [0.15, 0.2) is 18.2 Å². The monoisotopic (exact) mass is 489 g/mol. The van der Waals surface area contributed by atoms with Gasteiger partial charge in [-0.3, -0.25) is 0 Å². The lowest BCUT2D eigenvalue weighted by Gasteiger charge is -2.40. The Labute approximate surface area is 203 Å². The van der Waals surface area contributed by atoms with E-state index >= 15 is 4.39 Å². The normalized spacial score (nSPS) is 22.5. The van der Waals surface area contributed by atoms with E-state index in [0.29, 0.717) is 45.4 Å². The van der Waals surface area contributed by atoms with Gasteiger partial charge in [-0.15, -0.1) is 11.3 Å². The summed E-state index contributed by atoms with van der Waals surface area (Å²) in [7, 11) is 1.47. The highest BCUT2D eigenvalue weighted by atomic mass is 32.1. The van der Waals surface area contributed by atoms with Gasteiger partial charge in [0.15, 0.2) is 5.82 Å². The van der Waals surface area contributed by atoms with Crippen LogP contribution in [0.5, 0.6) is 11.9 Å². The van der Waals surface area contributed by atoms with Gasteiger partial charge in [0.25, 0.3) is 0 Å². The summed E-state index contributed by atoms with van der Waals surface area (Å²) in [6, 6.07) is 8.26. The Morgan fingerprint density at radius 3 is 3.00 bits per heavy atom. The Bertz CT molecular complexity index is 1580. The standard InChI is InChI=1S/C24H20FN7O2S/c1-33-24-30-20-17-22(31-24)32-8-10-5-6-13(28-10)14(32)9-34-23(17)29-19(18(20)25)11-3-2-4-15-16(11)12(7-26)21(27)35-15/h2-4,10,13-14,28H,5-6,8-9,27H2,1H3. The third-order valence-corrected chi connectivity index (χ3v) is 8.21. The van der Waals surface area contributed by atoms with Crippen LogP contribution in [0.1, 0.15) is 18.4 Å². The minimum Gasteiger partial charge on any atom is -0.475 e. The number of nitrogen functional groups attached to an aromatic ring is 1. The average Bonchev–Trinajstić information content (AvgIpc) is 3.37. The van der Waals surface area contributed by atoms with Crippen molar-refractivity contribution in [3.05, 3.63) is 29.6 Å². The van der Waals surface area contributed by atoms with Gasteiger partial charge in [-0.2, -0.15) is 15.2 Å². The summed E-state index contributed by atoms with van der Waals surface area (Å²) in [6.45, 7) is 1.12. The van der Waals surface area contributed by atoms with E-state index in [1.807, 2.05) is 6.07 Å². The Morgan fingerprint density at radius 1 is 1.29 bits per heavy atom. The van der Waals surface area contributed by atoms with E-state index in [9.17, 15) is 5.26 Å². The molecule has 2 saturated heterocycles. The number of nitriles is 1. The fourth-order valence-corrected chi connectivity index (χ4v) is 6.61. The van der Waals surface area contributed by atoms with Gasteiger partial charge in [0.1, 0.15) is 40.1 Å². The molecule has 3 unspecified atom stereocenters. The number of halogens is 1. The van der Waals surface area contributed by atoms with Gasteiger partial charge in [0.05, 0.1) is 18.7 Å². The Hall–Kier alpha value is -3.75. The van der Waals surface area contributed by atoms with Crippen molar-refractivity contribution in [2.45, 2.75) is 31.0 Å². The van der Waals surface area contributed by atoms with E-state index in [1.54, 1.807) is 12.1 Å².